The predicted molar refractivity (Wildman–Crippen MR) is 31.8 cm³/mol. The molecule has 0 unspecified atom stereocenters. The predicted octanol–water partition coefficient (Wildman–Crippen LogP) is -0.291. The van der Waals surface area contributed by atoms with E-state index in [-0.39, 0.29) is 36.2 Å². The standard InChI is InChI=1S/C2H4O2.C2H6O.Na/c1-2(3)4;1-2-3;/h1H3,(H,3,4);3H,2H2,1H3;. The summed E-state index contributed by atoms with van der Waals surface area (Å²) in [4.78, 5) is 9.00. The molecule has 0 atom stereocenters. The van der Waals surface area contributed by atoms with Gasteiger partial charge in [0.1, 0.15) is 0 Å². The van der Waals surface area contributed by atoms with E-state index in [0.29, 0.717) is 0 Å². The Morgan fingerprint density at radius 3 is 1.62 bits per heavy atom. The summed E-state index contributed by atoms with van der Waals surface area (Å²) in [6.07, 6.45) is 0. The molecule has 3 nitrogen and oxygen atoms in total. The summed E-state index contributed by atoms with van der Waals surface area (Å²) < 4.78 is 0. The summed E-state index contributed by atoms with van der Waals surface area (Å²) in [7, 11) is 0. The van der Waals surface area contributed by atoms with Gasteiger partial charge < -0.3 is 10.2 Å². The van der Waals surface area contributed by atoms with Gasteiger partial charge in [-0.05, 0) is 6.92 Å². The molecular formula is C4H10NaO3. The molecule has 2 N–H and O–H groups in total. The van der Waals surface area contributed by atoms with Gasteiger partial charge in [-0.1, -0.05) is 0 Å². The molecule has 0 rings (SSSR count). The maximum atomic E-state index is 9.00. The normalized spacial score (nSPS) is 5.38. The van der Waals surface area contributed by atoms with Crippen LogP contribution < -0.4 is 0 Å². The van der Waals surface area contributed by atoms with Crippen molar-refractivity contribution in [3.8, 4) is 0 Å². The van der Waals surface area contributed by atoms with Gasteiger partial charge in [0.2, 0.25) is 0 Å². The Bertz CT molecular complexity index is 42.5. The van der Waals surface area contributed by atoms with E-state index in [9.17, 15) is 0 Å². The number of carbonyl (C=O) groups is 1. The van der Waals surface area contributed by atoms with Crippen LogP contribution in [0.4, 0.5) is 0 Å². The molecule has 0 heterocycles. The fourth-order valence-electron chi connectivity index (χ4n) is 0. The van der Waals surface area contributed by atoms with Crippen molar-refractivity contribution in [2.24, 2.45) is 0 Å². The van der Waals surface area contributed by atoms with Crippen LogP contribution in [0.2, 0.25) is 0 Å². The molecule has 0 amide bonds. The Hall–Kier alpha value is 0.430. The van der Waals surface area contributed by atoms with Gasteiger partial charge in [-0.2, -0.15) is 0 Å². The van der Waals surface area contributed by atoms with E-state index in [1.807, 2.05) is 0 Å². The zero-order valence-corrected chi connectivity index (χ0v) is 7.51. The number of carboxylic acid groups (broad SMARTS) is 1. The molecule has 1 radical (unpaired) electrons. The average Bonchev–Trinajstić information content (AvgIpc) is 1.33. The van der Waals surface area contributed by atoms with Crippen molar-refractivity contribution in [3.05, 3.63) is 0 Å². The first-order valence-corrected chi connectivity index (χ1v) is 1.95. The Morgan fingerprint density at radius 2 is 1.62 bits per heavy atom. The van der Waals surface area contributed by atoms with Crippen LogP contribution in [0.5, 0.6) is 0 Å². The van der Waals surface area contributed by atoms with Gasteiger partial charge in [0, 0.05) is 43.1 Å². The minimum absolute atomic E-state index is 0. The van der Waals surface area contributed by atoms with Gasteiger partial charge in [-0.3, -0.25) is 4.79 Å². The Balaban J connectivity index is -0.0000000575. The van der Waals surface area contributed by atoms with Crippen molar-refractivity contribution < 1.29 is 15.0 Å². The fraction of sp³-hybridized carbons (Fsp3) is 0.750. The van der Waals surface area contributed by atoms with E-state index in [2.05, 4.69) is 0 Å². The van der Waals surface area contributed by atoms with Crippen LogP contribution in [0.3, 0.4) is 0 Å². The van der Waals surface area contributed by atoms with Crippen molar-refractivity contribution in [3.63, 3.8) is 0 Å². The molecule has 0 saturated carbocycles. The topological polar surface area (TPSA) is 57.5 Å². The summed E-state index contributed by atoms with van der Waals surface area (Å²) in [5.41, 5.74) is 0. The van der Waals surface area contributed by atoms with E-state index in [1.165, 1.54) is 0 Å². The summed E-state index contributed by atoms with van der Waals surface area (Å²) in [5.74, 6) is -0.833. The molecule has 0 saturated heterocycles. The fourth-order valence-corrected chi connectivity index (χ4v) is 0. The maximum Gasteiger partial charge on any atom is 0.300 e. The molecule has 0 aliphatic heterocycles. The summed E-state index contributed by atoms with van der Waals surface area (Å²) in [6.45, 7) is 3.01. The SMILES string of the molecule is CC(=O)O.CCO.[Na]. The zero-order chi connectivity index (χ0) is 6.28. The molecule has 0 fully saturated rings. The molecule has 4 heteroatoms. The summed E-state index contributed by atoms with van der Waals surface area (Å²) in [5, 5.41) is 15.0. The minimum atomic E-state index is -0.833. The quantitative estimate of drug-likeness (QED) is 0.442. The number of aliphatic hydroxyl groups is 1. The largest absolute Gasteiger partial charge is 0.481 e. The van der Waals surface area contributed by atoms with E-state index in [1.54, 1.807) is 6.92 Å². The molecule has 0 bridgehead atoms. The molecule has 0 aromatic rings. The van der Waals surface area contributed by atoms with Gasteiger partial charge in [0.15, 0.2) is 0 Å². The van der Waals surface area contributed by atoms with E-state index >= 15 is 0 Å². The number of hydrogen-bond donors (Lipinski definition) is 2. The van der Waals surface area contributed by atoms with Crippen LogP contribution in [0, 0.1) is 0 Å². The summed E-state index contributed by atoms with van der Waals surface area (Å²) in [6, 6.07) is 0. The van der Waals surface area contributed by atoms with Gasteiger partial charge in [0.05, 0.1) is 0 Å². The number of aliphatic carboxylic acids is 1. The number of hydrogen-bond acceptors (Lipinski definition) is 2. The van der Waals surface area contributed by atoms with Crippen LogP contribution in [0.1, 0.15) is 13.8 Å². The van der Waals surface area contributed by atoms with Crippen molar-refractivity contribution in [1.29, 1.82) is 0 Å². The second-order valence-corrected chi connectivity index (χ2v) is 0.835. The van der Waals surface area contributed by atoms with Crippen LogP contribution in [0.25, 0.3) is 0 Å². The van der Waals surface area contributed by atoms with Gasteiger partial charge >= 0.3 is 0 Å². The first kappa shape index (κ1) is 15.8. The van der Waals surface area contributed by atoms with Crippen LogP contribution >= 0.6 is 0 Å². The third-order valence-corrected chi connectivity index (χ3v) is 0. The number of carboxylic acids is 1. The van der Waals surface area contributed by atoms with Crippen molar-refractivity contribution in [1.82, 2.24) is 0 Å². The molecule has 45 valence electrons. The number of rotatable bonds is 0. The minimum Gasteiger partial charge on any atom is -0.481 e. The Labute approximate surface area is 71.0 Å². The smallest absolute Gasteiger partial charge is 0.300 e. The average molecular weight is 129 g/mol. The van der Waals surface area contributed by atoms with Gasteiger partial charge in [0.25, 0.3) is 5.97 Å². The van der Waals surface area contributed by atoms with E-state index in [0.717, 1.165) is 6.92 Å². The third-order valence-electron chi connectivity index (χ3n) is 0. The first-order chi connectivity index (χ1) is 3.15. The Morgan fingerprint density at radius 1 is 1.62 bits per heavy atom. The second-order valence-electron chi connectivity index (χ2n) is 0.835. The van der Waals surface area contributed by atoms with E-state index in [4.69, 9.17) is 15.0 Å². The van der Waals surface area contributed by atoms with E-state index < -0.39 is 5.97 Å². The third kappa shape index (κ3) is 1030. The van der Waals surface area contributed by atoms with Gasteiger partial charge in [-0.15, -0.1) is 0 Å². The maximum absolute atomic E-state index is 9.00. The van der Waals surface area contributed by atoms with Crippen LogP contribution in [-0.4, -0.2) is 52.3 Å². The Kier molecular flexibility index (Phi) is 30.9. The molecule has 0 aromatic heterocycles. The molecule has 0 aliphatic rings. The van der Waals surface area contributed by atoms with Gasteiger partial charge in [-0.25, -0.2) is 0 Å². The molecule has 0 spiro atoms. The molecule has 8 heavy (non-hydrogen) atoms. The first-order valence-electron chi connectivity index (χ1n) is 1.95. The molecule has 0 aromatic carbocycles. The van der Waals surface area contributed by atoms with Crippen molar-refractivity contribution in [2.45, 2.75) is 13.8 Å². The van der Waals surface area contributed by atoms with Crippen molar-refractivity contribution in [2.75, 3.05) is 6.61 Å². The molecule has 0 aliphatic carbocycles. The second kappa shape index (κ2) is 15.7. The monoisotopic (exact) mass is 129 g/mol. The van der Waals surface area contributed by atoms with Crippen LogP contribution in [0.15, 0.2) is 0 Å². The zero-order valence-electron chi connectivity index (χ0n) is 5.51. The molecular weight excluding hydrogens is 119 g/mol. The van der Waals surface area contributed by atoms with Crippen LogP contribution in [-0.2, 0) is 4.79 Å². The van der Waals surface area contributed by atoms with Crippen molar-refractivity contribution >= 4 is 35.5 Å². The number of aliphatic hydroxyl groups excluding tert-OH is 1. The summed E-state index contributed by atoms with van der Waals surface area (Å²) >= 11 is 0.